The Morgan fingerprint density at radius 1 is 1.31 bits per heavy atom. The molecule has 1 aromatic carbocycles. The van der Waals surface area contributed by atoms with Gasteiger partial charge in [0.25, 0.3) is 0 Å². The van der Waals surface area contributed by atoms with E-state index < -0.39 is 12.6 Å². The van der Waals surface area contributed by atoms with Crippen LogP contribution in [-0.4, -0.2) is 22.7 Å². The lowest BCUT2D eigenvalue weighted by Crippen LogP contribution is -2.11. The molecule has 2 rings (SSSR count). The van der Waals surface area contributed by atoms with Crippen molar-refractivity contribution in [2.24, 2.45) is 0 Å². The van der Waals surface area contributed by atoms with E-state index in [2.05, 4.69) is 4.98 Å². The summed E-state index contributed by atoms with van der Waals surface area (Å²) in [6, 6.07) is 8.21. The van der Waals surface area contributed by atoms with Crippen molar-refractivity contribution in [3.8, 4) is 5.75 Å². The second-order valence-corrected chi connectivity index (χ2v) is 3.23. The third kappa shape index (κ3) is 2.03. The van der Waals surface area contributed by atoms with E-state index in [-0.39, 0.29) is 5.56 Å². The maximum atomic E-state index is 11.1. The van der Waals surface area contributed by atoms with Gasteiger partial charge in [0.2, 0.25) is 5.56 Å². The van der Waals surface area contributed by atoms with E-state index in [1.807, 2.05) is 0 Å². The van der Waals surface area contributed by atoms with E-state index in [1.54, 1.807) is 24.3 Å². The van der Waals surface area contributed by atoms with E-state index in [1.165, 1.54) is 6.07 Å². The van der Waals surface area contributed by atoms with Crippen molar-refractivity contribution in [1.82, 2.24) is 4.98 Å². The number of ether oxygens (including phenoxy) is 1. The predicted octanol–water partition coefficient (Wildman–Crippen LogP) is 0.991. The number of hydrogen-bond donors (Lipinski definition) is 2. The molecule has 0 aliphatic heterocycles. The Balaban J connectivity index is 2.47. The van der Waals surface area contributed by atoms with Gasteiger partial charge in [0, 0.05) is 11.5 Å². The van der Waals surface area contributed by atoms with Gasteiger partial charge in [-0.25, -0.2) is 4.79 Å². The molecule has 0 bridgehead atoms. The number of carboxylic acids is 1. The van der Waals surface area contributed by atoms with Gasteiger partial charge in [-0.15, -0.1) is 0 Å². The summed E-state index contributed by atoms with van der Waals surface area (Å²) in [7, 11) is 0. The fourth-order valence-corrected chi connectivity index (χ4v) is 1.41. The van der Waals surface area contributed by atoms with Crippen LogP contribution in [0.2, 0.25) is 0 Å². The summed E-state index contributed by atoms with van der Waals surface area (Å²) < 4.78 is 5.07. The summed E-state index contributed by atoms with van der Waals surface area (Å²) in [5, 5.41) is 9.30. The van der Waals surface area contributed by atoms with Crippen LogP contribution in [0, 0.1) is 0 Å². The van der Waals surface area contributed by atoms with Gasteiger partial charge in [-0.2, -0.15) is 0 Å². The van der Waals surface area contributed by atoms with Crippen LogP contribution in [0.3, 0.4) is 0 Å². The maximum Gasteiger partial charge on any atom is 0.341 e. The number of nitrogens with one attached hydrogen (secondary N) is 1. The van der Waals surface area contributed by atoms with Gasteiger partial charge in [-0.05, 0) is 12.1 Å². The highest BCUT2D eigenvalue weighted by Crippen LogP contribution is 2.21. The number of carboxylic acid groups (broad SMARTS) is 1. The molecule has 1 aromatic heterocycles. The zero-order chi connectivity index (χ0) is 11.5. The molecule has 0 amide bonds. The standard InChI is InChI=1S/C11H9NO4/c13-9-5-4-7-2-1-3-8(11(7)12-9)16-6-10(14)15/h1-5H,6H2,(H,12,13)(H,14,15). The van der Waals surface area contributed by atoms with E-state index >= 15 is 0 Å². The molecular formula is C11H9NO4. The highest BCUT2D eigenvalue weighted by Gasteiger charge is 2.04. The Kier molecular flexibility index (Phi) is 2.59. The van der Waals surface area contributed by atoms with E-state index in [4.69, 9.17) is 9.84 Å². The number of fused-ring (bicyclic) bond motifs is 1. The monoisotopic (exact) mass is 219 g/mol. The van der Waals surface area contributed by atoms with Crippen molar-refractivity contribution in [2.45, 2.75) is 0 Å². The molecule has 0 atom stereocenters. The minimum Gasteiger partial charge on any atom is -0.480 e. The molecule has 0 spiro atoms. The first-order valence-electron chi connectivity index (χ1n) is 4.63. The summed E-state index contributed by atoms with van der Waals surface area (Å²) in [5.74, 6) is -0.701. The maximum absolute atomic E-state index is 11.1. The lowest BCUT2D eigenvalue weighted by molar-refractivity contribution is -0.139. The first-order chi connectivity index (χ1) is 7.66. The van der Waals surface area contributed by atoms with Crippen LogP contribution in [0.15, 0.2) is 35.1 Å². The van der Waals surface area contributed by atoms with Crippen molar-refractivity contribution in [3.63, 3.8) is 0 Å². The molecule has 0 fully saturated rings. The van der Waals surface area contributed by atoms with E-state index in [0.29, 0.717) is 11.3 Å². The lowest BCUT2D eigenvalue weighted by atomic mass is 10.2. The average molecular weight is 219 g/mol. The third-order valence-electron chi connectivity index (χ3n) is 2.07. The first-order valence-corrected chi connectivity index (χ1v) is 4.63. The number of aliphatic carboxylic acids is 1. The zero-order valence-electron chi connectivity index (χ0n) is 8.27. The number of aromatic nitrogens is 1. The van der Waals surface area contributed by atoms with Gasteiger partial charge in [0.05, 0.1) is 5.52 Å². The number of para-hydroxylation sites is 1. The molecule has 5 nitrogen and oxygen atoms in total. The number of aromatic amines is 1. The number of pyridine rings is 1. The molecule has 0 saturated heterocycles. The van der Waals surface area contributed by atoms with E-state index in [9.17, 15) is 9.59 Å². The summed E-state index contributed by atoms with van der Waals surface area (Å²) in [4.78, 5) is 24.1. The largest absolute Gasteiger partial charge is 0.480 e. The van der Waals surface area contributed by atoms with Crippen molar-refractivity contribution in [2.75, 3.05) is 6.61 Å². The fraction of sp³-hybridized carbons (Fsp3) is 0.0909. The van der Waals surface area contributed by atoms with Crippen LogP contribution in [0.5, 0.6) is 5.75 Å². The van der Waals surface area contributed by atoms with Crippen molar-refractivity contribution in [1.29, 1.82) is 0 Å². The van der Waals surface area contributed by atoms with Crippen LogP contribution >= 0.6 is 0 Å². The topological polar surface area (TPSA) is 79.4 Å². The molecule has 0 unspecified atom stereocenters. The third-order valence-corrected chi connectivity index (χ3v) is 2.07. The number of carbonyl (C=O) groups is 1. The van der Waals surface area contributed by atoms with Gasteiger partial charge in [0.1, 0.15) is 5.75 Å². The van der Waals surface area contributed by atoms with Crippen molar-refractivity contribution < 1.29 is 14.6 Å². The Bertz CT molecular complexity index is 588. The molecule has 2 N–H and O–H groups in total. The summed E-state index contributed by atoms with van der Waals surface area (Å²) in [6.45, 7) is -0.434. The van der Waals surface area contributed by atoms with Crippen LogP contribution in [0.1, 0.15) is 0 Å². The SMILES string of the molecule is O=C(O)COc1cccc2ccc(=O)[nH]c12. The van der Waals surface area contributed by atoms with Crippen molar-refractivity contribution in [3.05, 3.63) is 40.7 Å². The molecule has 0 saturated carbocycles. The van der Waals surface area contributed by atoms with Gasteiger partial charge in [-0.1, -0.05) is 12.1 Å². The predicted molar refractivity (Wildman–Crippen MR) is 57.7 cm³/mol. The zero-order valence-corrected chi connectivity index (χ0v) is 8.27. The normalized spacial score (nSPS) is 10.2. The summed E-state index contributed by atoms with van der Waals surface area (Å²) >= 11 is 0. The Morgan fingerprint density at radius 3 is 2.88 bits per heavy atom. The lowest BCUT2D eigenvalue weighted by Gasteiger charge is -2.06. The second-order valence-electron chi connectivity index (χ2n) is 3.23. The van der Waals surface area contributed by atoms with Crippen LogP contribution in [-0.2, 0) is 4.79 Å². The fourth-order valence-electron chi connectivity index (χ4n) is 1.41. The van der Waals surface area contributed by atoms with Gasteiger partial charge >= 0.3 is 5.97 Å². The first kappa shape index (κ1) is 10.2. The molecule has 82 valence electrons. The number of hydrogen-bond acceptors (Lipinski definition) is 3. The van der Waals surface area contributed by atoms with E-state index in [0.717, 1.165) is 5.39 Å². The Morgan fingerprint density at radius 2 is 2.12 bits per heavy atom. The van der Waals surface area contributed by atoms with Crippen LogP contribution < -0.4 is 10.3 Å². The van der Waals surface area contributed by atoms with Crippen LogP contribution in [0.25, 0.3) is 10.9 Å². The minimum atomic E-state index is -1.06. The van der Waals surface area contributed by atoms with Crippen LogP contribution in [0.4, 0.5) is 0 Å². The summed E-state index contributed by atoms with van der Waals surface area (Å²) in [6.07, 6.45) is 0. The number of H-pyrrole nitrogens is 1. The molecule has 1 heterocycles. The number of benzene rings is 1. The minimum absolute atomic E-state index is 0.251. The average Bonchev–Trinajstić information content (AvgIpc) is 2.26. The number of rotatable bonds is 3. The Labute approximate surface area is 90.3 Å². The van der Waals surface area contributed by atoms with Crippen molar-refractivity contribution >= 4 is 16.9 Å². The molecule has 2 aromatic rings. The quantitative estimate of drug-likeness (QED) is 0.806. The highest BCUT2D eigenvalue weighted by molar-refractivity contribution is 5.84. The smallest absolute Gasteiger partial charge is 0.341 e. The molecule has 16 heavy (non-hydrogen) atoms. The molecule has 0 aliphatic rings. The Hall–Kier alpha value is -2.30. The second kappa shape index (κ2) is 4.06. The molecular weight excluding hydrogens is 210 g/mol. The van der Waals surface area contributed by atoms with Gasteiger partial charge in [0.15, 0.2) is 6.61 Å². The highest BCUT2D eigenvalue weighted by atomic mass is 16.5. The molecule has 5 heteroatoms. The molecule has 0 aliphatic carbocycles. The summed E-state index contributed by atoms with van der Waals surface area (Å²) in [5.41, 5.74) is 0.259. The van der Waals surface area contributed by atoms with Gasteiger partial charge in [-0.3, -0.25) is 4.79 Å². The van der Waals surface area contributed by atoms with Gasteiger partial charge < -0.3 is 14.8 Å². The molecule has 0 radical (unpaired) electrons.